The smallest absolute Gasteiger partial charge is 0.312 e. The summed E-state index contributed by atoms with van der Waals surface area (Å²) in [6, 6.07) is 15.5. The van der Waals surface area contributed by atoms with E-state index in [1.54, 1.807) is 31.2 Å². The van der Waals surface area contributed by atoms with Gasteiger partial charge in [0.2, 0.25) is 12.7 Å². The molecule has 0 radical (unpaired) electrons. The van der Waals surface area contributed by atoms with Gasteiger partial charge in [0.05, 0.1) is 11.6 Å². The van der Waals surface area contributed by atoms with Crippen LogP contribution in [0.15, 0.2) is 59.4 Å². The van der Waals surface area contributed by atoms with Gasteiger partial charge in [-0.05, 0) is 42.7 Å². The minimum atomic E-state index is -1.08. The highest BCUT2D eigenvalue weighted by molar-refractivity contribution is 5.82. The van der Waals surface area contributed by atoms with Gasteiger partial charge in [0.25, 0.3) is 5.56 Å². The standard InChI is InChI=1S/C28H31N3O6/c1-3-4-10-23(31-27(33)21(13-18(2)30-31)14-19-8-6-5-7-9-19)26(32)29-16-22(28(34)35)20-11-12-24-25(15-20)37-17-36-24/h5-9,11-13,15,22-23H,3-4,10,14,16-17H2,1-2H3,(H,29,32)(H,34,35)/t22-,23+/m1/s1. The number of hydrogen-bond acceptors (Lipinski definition) is 6. The fourth-order valence-electron chi connectivity index (χ4n) is 4.42. The lowest BCUT2D eigenvalue weighted by molar-refractivity contribution is -0.138. The van der Waals surface area contributed by atoms with Crippen molar-refractivity contribution in [1.82, 2.24) is 15.1 Å². The van der Waals surface area contributed by atoms with Crippen LogP contribution in [0.1, 0.15) is 60.5 Å². The number of aryl methyl sites for hydroxylation is 1. The van der Waals surface area contributed by atoms with Crippen molar-refractivity contribution in [3.63, 3.8) is 0 Å². The van der Waals surface area contributed by atoms with Crippen LogP contribution in [0.3, 0.4) is 0 Å². The molecule has 37 heavy (non-hydrogen) atoms. The SMILES string of the molecule is CCCC[C@@H](C(=O)NC[C@@H](C(=O)O)c1ccc2c(c1)OCO2)n1nc(C)cc(Cc2ccccc2)c1=O. The van der Waals surface area contributed by atoms with Crippen molar-refractivity contribution >= 4 is 11.9 Å². The van der Waals surface area contributed by atoms with E-state index in [0.717, 1.165) is 12.0 Å². The van der Waals surface area contributed by atoms with Gasteiger partial charge in [-0.1, -0.05) is 56.2 Å². The Bertz CT molecular complexity index is 1320. The van der Waals surface area contributed by atoms with E-state index >= 15 is 0 Å². The average molecular weight is 506 g/mol. The molecule has 2 atom stereocenters. The molecule has 1 amide bonds. The van der Waals surface area contributed by atoms with Crippen LogP contribution in [0.4, 0.5) is 0 Å². The Morgan fingerprint density at radius 1 is 1.11 bits per heavy atom. The maximum Gasteiger partial charge on any atom is 0.312 e. The Hall–Kier alpha value is -4.14. The summed E-state index contributed by atoms with van der Waals surface area (Å²) in [5.41, 5.74) is 2.33. The molecular formula is C28H31N3O6. The van der Waals surface area contributed by atoms with Crippen LogP contribution < -0.4 is 20.3 Å². The molecule has 3 aromatic rings. The average Bonchev–Trinajstić information content (AvgIpc) is 3.35. The lowest BCUT2D eigenvalue weighted by atomic mass is 9.98. The number of nitrogens with zero attached hydrogens (tertiary/aromatic N) is 2. The molecule has 0 aliphatic carbocycles. The van der Waals surface area contributed by atoms with Gasteiger partial charge < -0.3 is 19.9 Å². The predicted molar refractivity (Wildman–Crippen MR) is 137 cm³/mol. The Labute approximate surface area is 215 Å². The second kappa shape index (κ2) is 11.7. The molecule has 2 N–H and O–H groups in total. The normalized spacial score (nSPS) is 13.7. The maximum atomic E-state index is 13.4. The van der Waals surface area contributed by atoms with Crippen molar-refractivity contribution in [2.75, 3.05) is 13.3 Å². The van der Waals surface area contributed by atoms with Gasteiger partial charge in [-0.3, -0.25) is 14.4 Å². The molecule has 0 fully saturated rings. The number of carbonyl (C=O) groups is 2. The highest BCUT2D eigenvalue weighted by atomic mass is 16.7. The molecule has 0 unspecified atom stereocenters. The fourth-order valence-corrected chi connectivity index (χ4v) is 4.42. The number of ether oxygens (including phenoxy) is 2. The lowest BCUT2D eigenvalue weighted by Crippen LogP contribution is -2.41. The molecule has 4 rings (SSSR count). The molecule has 0 saturated carbocycles. The number of rotatable bonds is 11. The third-order valence-electron chi connectivity index (χ3n) is 6.38. The highest BCUT2D eigenvalue weighted by Gasteiger charge is 2.28. The maximum absolute atomic E-state index is 13.4. The van der Waals surface area contributed by atoms with Crippen molar-refractivity contribution in [3.8, 4) is 11.5 Å². The molecule has 2 heterocycles. The summed E-state index contributed by atoms with van der Waals surface area (Å²) >= 11 is 0. The van der Waals surface area contributed by atoms with Gasteiger partial charge in [-0.15, -0.1) is 0 Å². The Balaban J connectivity index is 1.57. The summed E-state index contributed by atoms with van der Waals surface area (Å²) in [7, 11) is 0. The number of carboxylic acids is 1. The van der Waals surface area contributed by atoms with Crippen molar-refractivity contribution < 1.29 is 24.2 Å². The van der Waals surface area contributed by atoms with E-state index < -0.39 is 23.8 Å². The zero-order valence-electron chi connectivity index (χ0n) is 21.0. The largest absolute Gasteiger partial charge is 0.481 e. The van der Waals surface area contributed by atoms with Crippen LogP contribution >= 0.6 is 0 Å². The van der Waals surface area contributed by atoms with Gasteiger partial charge in [0.1, 0.15) is 6.04 Å². The fraction of sp³-hybridized carbons (Fsp3) is 0.357. The molecule has 9 heteroatoms. The van der Waals surface area contributed by atoms with E-state index in [1.165, 1.54) is 4.68 Å². The van der Waals surface area contributed by atoms with Gasteiger partial charge in [-0.2, -0.15) is 5.10 Å². The summed E-state index contributed by atoms with van der Waals surface area (Å²) in [5, 5.41) is 17.0. The first kappa shape index (κ1) is 25.9. The van der Waals surface area contributed by atoms with Gasteiger partial charge in [0.15, 0.2) is 11.5 Å². The second-order valence-electron chi connectivity index (χ2n) is 9.13. The number of aliphatic carboxylic acids is 1. The highest BCUT2D eigenvalue weighted by Crippen LogP contribution is 2.34. The third kappa shape index (κ3) is 6.17. The third-order valence-corrected chi connectivity index (χ3v) is 6.38. The number of carbonyl (C=O) groups excluding carboxylic acids is 1. The number of hydrogen-bond donors (Lipinski definition) is 2. The molecule has 2 aromatic carbocycles. The number of carboxylic acid groups (broad SMARTS) is 1. The molecule has 0 spiro atoms. The summed E-state index contributed by atoms with van der Waals surface area (Å²) in [6.45, 7) is 3.73. The zero-order chi connectivity index (χ0) is 26.4. The number of nitrogens with one attached hydrogen (secondary N) is 1. The minimum absolute atomic E-state index is 0.0802. The number of benzene rings is 2. The first-order valence-corrected chi connectivity index (χ1v) is 12.4. The van der Waals surface area contributed by atoms with Crippen molar-refractivity contribution in [2.24, 2.45) is 0 Å². The Morgan fingerprint density at radius 2 is 1.86 bits per heavy atom. The summed E-state index contributed by atoms with van der Waals surface area (Å²) in [5.74, 6) is -1.50. The molecular weight excluding hydrogens is 474 g/mol. The van der Waals surface area contributed by atoms with Crippen LogP contribution in [0, 0.1) is 6.92 Å². The topological polar surface area (TPSA) is 120 Å². The number of amides is 1. The van der Waals surface area contributed by atoms with E-state index in [2.05, 4.69) is 10.4 Å². The van der Waals surface area contributed by atoms with Crippen LogP contribution in [0.25, 0.3) is 0 Å². The Morgan fingerprint density at radius 3 is 2.59 bits per heavy atom. The molecule has 1 aliphatic heterocycles. The van der Waals surface area contributed by atoms with Gasteiger partial charge >= 0.3 is 5.97 Å². The second-order valence-corrected chi connectivity index (χ2v) is 9.13. The van der Waals surface area contributed by atoms with E-state index in [-0.39, 0.29) is 18.9 Å². The first-order chi connectivity index (χ1) is 17.9. The van der Waals surface area contributed by atoms with Crippen LogP contribution in [-0.4, -0.2) is 40.1 Å². The summed E-state index contributed by atoms with van der Waals surface area (Å²) < 4.78 is 11.9. The summed E-state index contributed by atoms with van der Waals surface area (Å²) in [4.78, 5) is 38.8. The molecule has 0 saturated heterocycles. The van der Waals surface area contributed by atoms with E-state index in [4.69, 9.17) is 9.47 Å². The molecule has 194 valence electrons. The molecule has 1 aromatic heterocycles. The Kier molecular flexibility index (Phi) is 8.22. The van der Waals surface area contributed by atoms with E-state index in [0.29, 0.717) is 47.6 Å². The van der Waals surface area contributed by atoms with Crippen LogP contribution in [-0.2, 0) is 16.0 Å². The van der Waals surface area contributed by atoms with E-state index in [9.17, 15) is 19.5 Å². The molecule has 0 bridgehead atoms. The quantitative estimate of drug-likeness (QED) is 0.409. The minimum Gasteiger partial charge on any atom is -0.481 e. The monoisotopic (exact) mass is 505 g/mol. The van der Waals surface area contributed by atoms with Crippen molar-refractivity contribution in [2.45, 2.75) is 51.5 Å². The molecule has 9 nitrogen and oxygen atoms in total. The van der Waals surface area contributed by atoms with Crippen LogP contribution in [0.5, 0.6) is 11.5 Å². The van der Waals surface area contributed by atoms with Crippen molar-refractivity contribution in [1.29, 1.82) is 0 Å². The predicted octanol–water partition coefficient (Wildman–Crippen LogP) is 3.59. The first-order valence-electron chi connectivity index (χ1n) is 12.4. The van der Waals surface area contributed by atoms with Crippen LogP contribution in [0.2, 0.25) is 0 Å². The lowest BCUT2D eigenvalue weighted by Gasteiger charge is -2.21. The number of aromatic nitrogens is 2. The zero-order valence-corrected chi connectivity index (χ0v) is 21.0. The van der Waals surface area contributed by atoms with Gasteiger partial charge in [0, 0.05) is 18.5 Å². The summed E-state index contributed by atoms with van der Waals surface area (Å²) in [6.07, 6.45) is 2.37. The molecule has 1 aliphatic rings. The number of fused-ring (bicyclic) bond motifs is 1. The number of unbranched alkanes of at least 4 members (excludes halogenated alkanes) is 1. The van der Waals surface area contributed by atoms with E-state index in [1.807, 2.05) is 37.3 Å². The van der Waals surface area contributed by atoms with Gasteiger partial charge in [-0.25, -0.2) is 4.68 Å². The van der Waals surface area contributed by atoms with Crippen molar-refractivity contribution in [3.05, 3.63) is 87.3 Å².